The second kappa shape index (κ2) is 6.56. The van der Waals surface area contributed by atoms with Crippen LogP contribution in [0.15, 0.2) is 45.3 Å². The maximum atomic E-state index is 12.2. The first-order valence-electron chi connectivity index (χ1n) is 5.19. The van der Waals surface area contributed by atoms with Gasteiger partial charge < -0.3 is 5.32 Å². The maximum Gasteiger partial charge on any atom is 0.256 e. The van der Waals surface area contributed by atoms with Gasteiger partial charge in [-0.25, -0.2) is 0 Å². The molecule has 19 heavy (non-hydrogen) atoms. The zero-order chi connectivity index (χ0) is 14.0. The molecular formula is C13H7Br2ClINO. The summed E-state index contributed by atoms with van der Waals surface area (Å²) in [6, 6.07) is 10.8. The number of rotatable bonds is 2. The number of carbonyl (C=O) groups excluding carboxylic acids is 1. The highest BCUT2D eigenvalue weighted by atomic mass is 127. The summed E-state index contributed by atoms with van der Waals surface area (Å²) in [6.07, 6.45) is 0. The number of hydrogen-bond donors (Lipinski definition) is 1. The van der Waals surface area contributed by atoms with E-state index in [9.17, 15) is 4.79 Å². The van der Waals surface area contributed by atoms with Crippen molar-refractivity contribution in [3.05, 3.63) is 59.5 Å². The molecule has 0 atom stereocenters. The maximum absolute atomic E-state index is 12.2. The number of benzene rings is 2. The zero-order valence-corrected chi connectivity index (χ0v) is 15.5. The highest BCUT2D eigenvalue weighted by molar-refractivity contribution is 14.1. The Bertz CT molecular complexity index is 649. The third kappa shape index (κ3) is 3.93. The molecule has 2 rings (SSSR count). The lowest BCUT2D eigenvalue weighted by Crippen LogP contribution is -2.13. The third-order valence-corrected chi connectivity index (χ3v) is 4.68. The van der Waals surface area contributed by atoms with E-state index in [2.05, 4.69) is 59.8 Å². The molecule has 0 aliphatic rings. The molecule has 0 radical (unpaired) electrons. The summed E-state index contributed by atoms with van der Waals surface area (Å²) in [7, 11) is 0. The van der Waals surface area contributed by atoms with Crippen LogP contribution in [0.25, 0.3) is 0 Å². The minimum absolute atomic E-state index is 0.181. The van der Waals surface area contributed by atoms with E-state index in [0.717, 1.165) is 13.7 Å². The van der Waals surface area contributed by atoms with Crippen LogP contribution < -0.4 is 5.32 Å². The van der Waals surface area contributed by atoms with Crippen molar-refractivity contribution in [3.8, 4) is 0 Å². The van der Waals surface area contributed by atoms with Gasteiger partial charge in [0.15, 0.2) is 0 Å². The third-order valence-electron chi connectivity index (χ3n) is 2.35. The lowest BCUT2D eigenvalue weighted by molar-refractivity contribution is 0.102. The lowest BCUT2D eigenvalue weighted by Gasteiger charge is -2.09. The molecule has 0 heterocycles. The van der Waals surface area contributed by atoms with E-state index in [4.69, 9.17) is 11.6 Å². The normalized spacial score (nSPS) is 10.3. The average Bonchev–Trinajstić information content (AvgIpc) is 2.33. The fourth-order valence-electron chi connectivity index (χ4n) is 1.46. The highest BCUT2D eigenvalue weighted by Crippen LogP contribution is 2.26. The number of amides is 1. The Labute approximate surface area is 146 Å². The van der Waals surface area contributed by atoms with E-state index in [0.29, 0.717) is 15.1 Å². The van der Waals surface area contributed by atoms with Crippen LogP contribution in [0.3, 0.4) is 0 Å². The summed E-state index contributed by atoms with van der Waals surface area (Å²) in [5.41, 5.74) is 1.31. The van der Waals surface area contributed by atoms with Gasteiger partial charge in [-0.1, -0.05) is 27.5 Å². The first-order valence-corrected chi connectivity index (χ1v) is 8.23. The summed E-state index contributed by atoms with van der Waals surface area (Å²) in [6.45, 7) is 0. The number of nitrogens with one attached hydrogen (secondary N) is 1. The lowest BCUT2D eigenvalue weighted by atomic mass is 10.2. The van der Waals surface area contributed by atoms with Crippen LogP contribution in [0.4, 0.5) is 5.69 Å². The standard InChI is InChI=1S/C13H7Br2ClINO/c14-7-1-4-11(17)12(5-7)18-13(19)9-3-2-8(16)6-10(9)15/h1-6H,(H,18,19). The molecule has 0 aromatic heterocycles. The summed E-state index contributed by atoms with van der Waals surface area (Å²) in [5.74, 6) is -0.181. The first-order chi connectivity index (χ1) is 8.97. The summed E-state index contributed by atoms with van der Waals surface area (Å²) in [5, 5.41) is 3.46. The highest BCUT2D eigenvalue weighted by Gasteiger charge is 2.12. The van der Waals surface area contributed by atoms with Crippen molar-refractivity contribution in [2.24, 2.45) is 0 Å². The van der Waals surface area contributed by atoms with Gasteiger partial charge in [0.05, 0.1) is 11.3 Å². The Morgan fingerprint density at radius 3 is 2.58 bits per heavy atom. The van der Waals surface area contributed by atoms with Crippen LogP contribution in [0, 0.1) is 3.57 Å². The second-order valence-corrected chi connectivity index (χ2v) is 7.07. The van der Waals surface area contributed by atoms with Crippen LogP contribution in [0.2, 0.25) is 5.02 Å². The van der Waals surface area contributed by atoms with Crippen LogP contribution in [-0.4, -0.2) is 5.91 Å². The fraction of sp³-hybridized carbons (Fsp3) is 0. The fourth-order valence-corrected chi connectivity index (χ4v) is 3.15. The van der Waals surface area contributed by atoms with Crippen LogP contribution >= 0.6 is 66.1 Å². The van der Waals surface area contributed by atoms with Gasteiger partial charge in [0.25, 0.3) is 5.91 Å². The average molecular weight is 515 g/mol. The van der Waals surface area contributed by atoms with Crippen LogP contribution in [0.1, 0.15) is 10.4 Å². The molecule has 1 N–H and O–H groups in total. The first kappa shape index (κ1) is 15.3. The molecule has 0 saturated carbocycles. The van der Waals surface area contributed by atoms with Gasteiger partial charge in [-0.3, -0.25) is 4.79 Å². The Hall–Kier alpha value is -0.110. The van der Waals surface area contributed by atoms with Gasteiger partial charge in [0.1, 0.15) is 0 Å². The van der Waals surface area contributed by atoms with E-state index < -0.39 is 0 Å². The molecule has 0 aliphatic carbocycles. The van der Waals surface area contributed by atoms with Gasteiger partial charge in [0, 0.05) is 17.5 Å². The van der Waals surface area contributed by atoms with E-state index in [-0.39, 0.29) is 5.91 Å². The molecule has 2 nitrogen and oxygen atoms in total. The van der Waals surface area contributed by atoms with Gasteiger partial charge in [-0.05, 0) is 74.9 Å². The largest absolute Gasteiger partial charge is 0.321 e. The number of hydrogen-bond acceptors (Lipinski definition) is 1. The summed E-state index contributed by atoms with van der Waals surface area (Å²) in [4.78, 5) is 12.2. The van der Waals surface area contributed by atoms with Crippen molar-refractivity contribution in [1.29, 1.82) is 0 Å². The monoisotopic (exact) mass is 513 g/mol. The van der Waals surface area contributed by atoms with Gasteiger partial charge in [-0.15, -0.1) is 0 Å². The molecule has 0 fully saturated rings. The predicted octanol–water partition coefficient (Wildman–Crippen LogP) is 5.72. The van der Waals surface area contributed by atoms with E-state index in [1.165, 1.54) is 0 Å². The molecular weight excluding hydrogens is 508 g/mol. The van der Waals surface area contributed by atoms with E-state index in [1.54, 1.807) is 18.2 Å². The van der Waals surface area contributed by atoms with Gasteiger partial charge in [-0.2, -0.15) is 0 Å². The van der Waals surface area contributed by atoms with Gasteiger partial charge in [0.2, 0.25) is 0 Å². The zero-order valence-electron chi connectivity index (χ0n) is 9.38. The van der Waals surface area contributed by atoms with E-state index >= 15 is 0 Å². The van der Waals surface area contributed by atoms with E-state index in [1.807, 2.05) is 18.2 Å². The Morgan fingerprint density at radius 1 is 1.16 bits per heavy atom. The summed E-state index contributed by atoms with van der Waals surface area (Å²) >= 11 is 14.8. The molecule has 0 unspecified atom stereocenters. The minimum Gasteiger partial charge on any atom is -0.321 e. The molecule has 0 bridgehead atoms. The molecule has 98 valence electrons. The van der Waals surface area contributed by atoms with Crippen molar-refractivity contribution < 1.29 is 4.79 Å². The number of halogens is 4. The molecule has 6 heteroatoms. The van der Waals surface area contributed by atoms with Crippen LogP contribution in [-0.2, 0) is 0 Å². The second-order valence-electron chi connectivity index (χ2n) is 3.70. The van der Waals surface area contributed by atoms with Gasteiger partial charge >= 0.3 is 0 Å². The molecule has 1 amide bonds. The predicted molar refractivity (Wildman–Crippen MR) is 94.0 cm³/mol. The van der Waals surface area contributed by atoms with Crippen molar-refractivity contribution in [2.45, 2.75) is 0 Å². The van der Waals surface area contributed by atoms with Crippen molar-refractivity contribution in [1.82, 2.24) is 0 Å². The topological polar surface area (TPSA) is 29.1 Å². The van der Waals surface area contributed by atoms with Crippen molar-refractivity contribution >= 4 is 77.6 Å². The molecule has 2 aromatic carbocycles. The smallest absolute Gasteiger partial charge is 0.256 e. The van der Waals surface area contributed by atoms with Crippen LogP contribution in [0.5, 0.6) is 0 Å². The Balaban J connectivity index is 2.28. The Kier molecular flexibility index (Phi) is 5.28. The molecule has 2 aromatic rings. The molecule has 0 saturated heterocycles. The Morgan fingerprint density at radius 2 is 1.89 bits per heavy atom. The summed E-state index contributed by atoms with van der Waals surface area (Å²) < 4.78 is 2.56. The number of anilines is 1. The quantitative estimate of drug-likeness (QED) is 0.510. The van der Waals surface area contributed by atoms with Crippen molar-refractivity contribution in [2.75, 3.05) is 5.32 Å². The molecule has 0 spiro atoms. The molecule has 0 aliphatic heterocycles. The number of carbonyl (C=O) groups is 1. The minimum atomic E-state index is -0.181. The van der Waals surface area contributed by atoms with Crippen molar-refractivity contribution in [3.63, 3.8) is 0 Å². The SMILES string of the molecule is O=C(Nc1cc(Br)ccc1I)c1ccc(Cl)cc1Br.